The first-order chi connectivity index (χ1) is 9.10. The highest BCUT2D eigenvalue weighted by molar-refractivity contribution is 4.95. The second-order valence-corrected chi connectivity index (χ2v) is 9.33. The normalized spacial score (nSPS) is 26.1. The summed E-state index contributed by atoms with van der Waals surface area (Å²) in [6, 6.07) is 0.751. The largest absolute Gasteiger partial charge is 0.309 e. The molecule has 118 valence electrons. The van der Waals surface area contributed by atoms with E-state index >= 15 is 0 Å². The fourth-order valence-corrected chi connectivity index (χ4v) is 4.14. The van der Waals surface area contributed by atoms with E-state index in [2.05, 4.69) is 51.8 Å². The zero-order valence-corrected chi connectivity index (χ0v) is 14.7. The van der Waals surface area contributed by atoms with E-state index < -0.39 is 0 Å². The van der Waals surface area contributed by atoms with Gasteiger partial charge < -0.3 is 5.32 Å². The molecule has 2 fully saturated rings. The molecule has 0 unspecified atom stereocenters. The Morgan fingerprint density at radius 3 is 1.75 bits per heavy atom. The van der Waals surface area contributed by atoms with Gasteiger partial charge in [-0.15, -0.1) is 0 Å². The van der Waals surface area contributed by atoms with Crippen molar-refractivity contribution in [1.82, 2.24) is 10.2 Å². The van der Waals surface area contributed by atoms with Crippen LogP contribution in [0.1, 0.15) is 80.1 Å². The minimum absolute atomic E-state index is 0.269. The SMILES string of the molecule is CC(C)(C)NC1CCC2(CC1)CCN(C(C)(C)C)CC2. The molecule has 0 aromatic carbocycles. The molecule has 20 heavy (non-hydrogen) atoms. The standard InChI is InChI=1S/C18H36N2/c1-16(2,3)19-15-7-9-18(10-8-15)11-13-20(14-12-18)17(4,5)6/h15,19H,7-14H2,1-6H3. The average Bonchev–Trinajstić information content (AvgIpc) is 2.30. The maximum atomic E-state index is 3.80. The molecule has 0 amide bonds. The molecule has 1 saturated heterocycles. The molecule has 1 saturated carbocycles. The summed E-state index contributed by atoms with van der Waals surface area (Å²) in [6.45, 7) is 16.6. The number of rotatable bonds is 1. The Morgan fingerprint density at radius 2 is 1.35 bits per heavy atom. The Kier molecular flexibility index (Phi) is 4.57. The highest BCUT2D eigenvalue weighted by Crippen LogP contribution is 2.45. The van der Waals surface area contributed by atoms with Gasteiger partial charge in [0.1, 0.15) is 0 Å². The summed E-state index contributed by atoms with van der Waals surface area (Å²) in [4.78, 5) is 2.68. The van der Waals surface area contributed by atoms with Crippen molar-refractivity contribution >= 4 is 0 Å². The van der Waals surface area contributed by atoms with Crippen LogP contribution in [0.2, 0.25) is 0 Å². The van der Waals surface area contributed by atoms with E-state index in [1.807, 2.05) is 0 Å². The van der Waals surface area contributed by atoms with Crippen molar-refractivity contribution in [3.05, 3.63) is 0 Å². The summed E-state index contributed by atoms with van der Waals surface area (Å²) in [5.74, 6) is 0. The highest BCUT2D eigenvalue weighted by atomic mass is 15.2. The van der Waals surface area contributed by atoms with E-state index in [4.69, 9.17) is 0 Å². The summed E-state index contributed by atoms with van der Waals surface area (Å²) in [6.07, 6.45) is 8.50. The maximum absolute atomic E-state index is 3.80. The Bertz CT molecular complexity index is 303. The highest BCUT2D eigenvalue weighted by Gasteiger charge is 2.40. The molecule has 1 spiro atoms. The lowest BCUT2D eigenvalue weighted by Crippen LogP contribution is -2.52. The topological polar surface area (TPSA) is 15.3 Å². The van der Waals surface area contributed by atoms with E-state index in [0.717, 1.165) is 6.04 Å². The summed E-state index contributed by atoms with van der Waals surface area (Å²) >= 11 is 0. The van der Waals surface area contributed by atoms with Gasteiger partial charge in [0.05, 0.1) is 0 Å². The molecular weight excluding hydrogens is 244 g/mol. The molecule has 0 aromatic heterocycles. The minimum atomic E-state index is 0.269. The number of nitrogens with one attached hydrogen (secondary N) is 1. The van der Waals surface area contributed by atoms with Crippen molar-refractivity contribution in [2.75, 3.05) is 13.1 Å². The van der Waals surface area contributed by atoms with Crippen molar-refractivity contribution < 1.29 is 0 Å². The molecule has 0 aromatic rings. The van der Waals surface area contributed by atoms with Crippen molar-refractivity contribution in [1.29, 1.82) is 0 Å². The number of piperidine rings is 1. The maximum Gasteiger partial charge on any atom is 0.0125 e. The molecule has 0 atom stereocenters. The smallest absolute Gasteiger partial charge is 0.0125 e. The van der Waals surface area contributed by atoms with E-state index in [-0.39, 0.29) is 5.54 Å². The van der Waals surface area contributed by atoms with Gasteiger partial charge in [0.25, 0.3) is 0 Å². The first kappa shape index (κ1) is 16.3. The third-order valence-electron chi connectivity index (χ3n) is 5.46. The van der Waals surface area contributed by atoms with Gasteiger partial charge in [-0.05, 0) is 98.6 Å². The fraction of sp³-hybridized carbons (Fsp3) is 1.00. The second-order valence-electron chi connectivity index (χ2n) is 9.33. The van der Waals surface area contributed by atoms with Crippen LogP contribution in [-0.4, -0.2) is 35.1 Å². The third-order valence-corrected chi connectivity index (χ3v) is 5.46. The number of nitrogens with zero attached hydrogens (tertiary/aromatic N) is 1. The van der Waals surface area contributed by atoms with Crippen LogP contribution in [0.5, 0.6) is 0 Å². The Hall–Kier alpha value is -0.0800. The molecule has 1 aliphatic heterocycles. The van der Waals surface area contributed by atoms with Crippen molar-refractivity contribution in [2.24, 2.45) is 5.41 Å². The van der Waals surface area contributed by atoms with Crippen LogP contribution in [0.3, 0.4) is 0 Å². The minimum Gasteiger partial charge on any atom is -0.309 e. The van der Waals surface area contributed by atoms with Gasteiger partial charge >= 0.3 is 0 Å². The van der Waals surface area contributed by atoms with Crippen LogP contribution in [0, 0.1) is 5.41 Å². The first-order valence-corrected chi connectivity index (χ1v) is 8.63. The number of hydrogen-bond donors (Lipinski definition) is 1. The van der Waals surface area contributed by atoms with Crippen molar-refractivity contribution in [3.63, 3.8) is 0 Å². The quantitative estimate of drug-likeness (QED) is 0.774. The zero-order chi connectivity index (χ0) is 15.0. The molecule has 2 aliphatic rings. The van der Waals surface area contributed by atoms with Crippen molar-refractivity contribution in [3.8, 4) is 0 Å². The molecular formula is C18H36N2. The van der Waals surface area contributed by atoms with Gasteiger partial charge in [-0.3, -0.25) is 4.90 Å². The number of hydrogen-bond acceptors (Lipinski definition) is 2. The van der Waals surface area contributed by atoms with Gasteiger partial charge in [0.2, 0.25) is 0 Å². The van der Waals surface area contributed by atoms with E-state index in [9.17, 15) is 0 Å². The molecule has 2 nitrogen and oxygen atoms in total. The average molecular weight is 280 g/mol. The van der Waals surface area contributed by atoms with Gasteiger partial charge in [-0.2, -0.15) is 0 Å². The van der Waals surface area contributed by atoms with Crippen LogP contribution in [-0.2, 0) is 0 Å². The third kappa shape index (κ3) is 4.21. The van der Waals surface area contributed by atoms with Crippen LogP contribution in [0.15, 0.2) is 0 Å². The van der Waals surface area contributed by atoms with E-state index in [1.165, 1.54) is 51.6 Å². The predicted octanol–water partition coefficient (Wildman–Crippen LogP) is 4.20. The molecule has 1 heterocycles. The summed E-state index contributed by atoms with van der Waals surface area (Å²) in [7, 11) is 0. The lowest BCUT2D eigenvalue weighted by molar-refractivity contribution is 0.0154. The fourth-order valence-electron chi connectivity index (χ4n) is 4.14. The van der Waals surface area contributed by atoms with Crippen LogP contribution in [0.4, 0.5) is 0 Å². The molecule has 1 N–H and O–H groups in total. The second kappa shape index (κ2) is 5.61. The molecule has 2 rings (SSSR count). The first-order valence-electron chi connectivity index (χ1n) is 8.63. The van der Waals surface area contributed by atoms with Gasteiger partial charge in [0.15, 0.2) is 0 Å². The molecule has 0 radical (unpaired) electrons. The van der Waals surface area contributed by atoms with E-state index in [1.54, 1.807) is 0 Å². The monoisotopic (exact) mass is 280 g/mol. The van der Waals surface area contributed by atoms with Crippen LogP contribution >= 0.6 is 0 Å². The summed E-state index contributed by atoms with van der Waals surface area (Å²) in [5.41, 5.74) is 1.30. The van der Waals surface area contributed by atoms with Crippen molar-refractivity contribution in [2.45, 2.75) is 97.2 Å². The molecule has 0 bridgehead atoms. The van der Waals surface area contributed by atoms with Gasteiger partial charge in [0, 0.05) is 17.1 Å². The van der Waals surface area contributed by atoms with Crippen LogP contribution < -0.4 is 5.32 Å². The molecule has 2 heteroatoms. The Morgan fingerprint density at radius 1 is 0.850 bits per heavy atom. The Balaban J connectivity index is 1.82. The summed E-state index contributed by atoms with van der Waals surface area (Å²) in [5, 5.41) is 3.80. The number of likely N-dealkylation sites (tertiary alicyclic amines) is 1. The lowest BCUT2D eigenvalue weighted by Gasteiger charge is -2.50. The zero-order valence-electron chi connectivity index (χ0n) is 14.7. The lowest BCUT2D eigenvalue weighted by atomic mass is 9.66. The van der Waals surface area contributed by atoms with E-state index in [0.29, 0.717) is 11.0 Å². The Labute approximate surface area is 126 Å². The van der Waals surface area contributed by atoms with Crippen LogP contribution in [0.25, 0.3) is 0 Å². The van der Waals surface area contributed by atoms with Gasteiger partial charge in [-0.25, -0.2) is 0 Å². The predicted molar refractivity (Wildman–Crippen MR) is 88.1 cm³/mol. The van der Waals surface area contributed by atoms with Gasteiger partial charge in [-0.1, -0.05) is 0 Å². The summed E-state index contributed by atoms with van der Waals surface area (Å²) < 4.78 is 0. The molecule has 1 aliphatic carbocycles.